The number of ether oxygens (including phenoxy) is 1. The number of methoxy groups -OCH3 is 1. The van der Waals surface area contributed by atoms with Crippen molar-refractivity contribution in [1.82, 2.24) is 9.88 Å². The fraction of sp³-hybridized carbons (Fsp3) is 0.643. The van der Waals surface area contributed by atoms with E-state index in [1.807, 2.05) is 32.3 Å². The van der Waals surface area contributed by atoms with Gasteiger partial charge in [-0.25, -0.2) is 0 Å². The van der Waals surface area contributed by atoms with Crippen molar-refractivity contribution in [2.24, 2.45) is 5.92 Å². The normalized spacial score (nSPS) is 24.2. The predicted octanol–water partition coefficient (Wildman–Crippen LogP) is 2.57. The van der Waals surface area contributed by atoms with E-state index in [4.69, 9.17) is 4.74 Å². The number of hydrogen-bond donors (Lipinski definition) is 0. The molecule has 0 N–H and O–H groups in total. The molecular weight excluding hydrogens is 212 g/mol. The smallest absolute Gasteiger partial charge is 0.0735 e. The molecule has 1 aliphatic rings. The molecule has 0 aromatic carbocycles. The van der Waals surface area contributed by atoms with Gasteiger partial charge in [0.2, 0.25) is 0 Å². The van der Waals surface area contributed by atoms with Gasteiger partial charge in [-0.15, -0.1) is 0 Å². The summed E-state index contributed by atoms with van der Waals surface area (Å²) in [6, 6.07) is 4.11. The topological polar surface area (TPSA) is 25.4 Å². The molecule has 1 aliphatic heterocycles. The van der Waals surface area contributed by atoms with Gasteiger partial charge in [-0.05, 0) is 17.5 Å². The number of aromatic nitrogens is 1. The van der Waals surface area contributed by atoms with Crippen molar-refractivity contribution in [1.29, 1.82) is 0 Å². The second-order valence-electron chi connectivity index (χ2n) is 4.31. The molecule has 0 radical (unpaired) electrons. The van der Waals surface area contributed by atoms with Crippen LogP contribution in [0.1, 0.15) is 26.3 Å². The van der Waals surface area contributed by atoms with Crippen LogP contribution in [0.2, 0.25) is 0 Å². The van der Waals surface area contributed by atoms with Crippen LogP contribution >= 0.6 is 0 Å². The highest BCUT2D eigenvalue weighted by atomic mass is 16.5. The van der Waals surface area contributed by atoms with Gasteiger partial charge in [-0.3, -0.25) is 9.88 Å². The third kappa shape index (κ3) is 4.10. The fourth-order valence-corrected chi connectivity index (χ4v) is 2.22. The zero-order valence-electron chi connectivity index (χ0n) is 11.4. The summed E-state index contributed by atoms with van der Waals surface area (Å²) in [6.07, 6.45) is 4.14. The van der Waals surface area contributed by atoms with E-state index >= 15 is 0 Å². The molecule has 3 heteroatoms. The lowest BCUT2D eigenvalue weighted by Gasteiger charge is -2.14. The zero-order valence-corrected chi connectivity index (χ0v) is 11.4. The summed E-state index contributed by atoms with van der Waals surface area (Å²) in [4.78, 5) is 6.55. The molecule has 1 aromatic heterocycles. The van der Waals surface area contributed by atoms with Gasteiger partial charge in [0.05, 0.1) is 6.10 Å². The van der Waals surface area contributed by atoms with Gasteiger partial charge in [-0.1, -0.05) is 26.8 Å². The second-order valence-corrected chi connectivity index (χ2v) is 4.31. The Morgan fingerprint density at radius 1 is 1.41 bits per heavy atom. The van der Waals surface area contributed by atoms with E-state index in [0.717, 1.165) is 19.6 Å². The Balaban J connectivity index is 0.000000686. The van der Waals surface area contributed by atoms with E-state index in [0.29, 0.717) is 12.0 Å². The first-order chi connectivity index (χ1) is 8.29. The molecule has 96 valence electrons. The Bertz CT molecular complexity index is 302. The standard InChI is InChI=1S/C12H18N2O.C2H6/c1-10-7-14(9-12(10)15-2)8-11-4-3-5-13-6-11;1-2/h3-6,10,12H,7-9H2,1-2H3;1-2H3. The van der Waals surface area contributed by atoms with Crippen molar-refractivity contribution in [2.45, 2.75) is 33.4 Å². The third-order valence-corrected chi connectivity index (χ3v) is 3.05. The molecule has 3 nitrogen and oxygen atoms in total. The van der Waals surface area contributed by atoms with Crippen molar-refractivity contribution in [3.63, 3.8) is 0 Å². The molecule has 0 spiro atoms. The highest BCUT2D eigenvalue weighted by Gasteiger charge is 2.29. The summed E-state index contributed by atoms with van der Waals surface area (Å²) < 4.78 is 5.43. The zero-order chi connectivity index (χ0) is 12.7. The first-order valence-corrected chi connectivity index (χ1v) is 6.43. The number of hydrogen-bond acceptors (Lipinski definition) is 3. The summed E-state index contributed by atoms with van der Waals surface area (Å²) in [5, 5.41) is 0. The predicted molar refractivity (Wildman–Crippen MR) is 70.8 cm³/mol. The number of pyridine rings is 1. The van der Waals surface area contributed by atoms with Crippen molar-refractivity contribution >= 4 is 0 Å². The van der Waals surface area contributed by atoms with Crippen LogP contribution in [-0.4, -0.2) is 36.2 Å². The van der Waals surface area contributed by atoms with Crippen LogP contribution in [0.25, 0.3) is 0 Å². The summed E-state index contributed by atoms with van der Waals surface area (Å²) in [7, 11) is 1.80. The monoisotopic (exact) mass is 236 g/mol. The molecule has 2 unspecified atom stereocenters. The lowest BCUT2D eigenvalue weighted by Crippen LogP contribution is -2.22. The SMILES string of the molecule is CC.COC1CN(Cc2cccnc2)CC1C. The summed E-state index contributed by atoms with van der Waals surface area (Å²) in [5.74, 6) is 0.631. The molecule has 2 atom stereocenters. The summed E-state index contributed by atoms with van der Waals surface area (Å²) in [6.45, 7) is 9.38. The maximum Gasteiger partial charge on any atom is 0.0735 e. The van der Waals surface area contributed by atoms with Gasteiger partial charge in [0.15, 0.2) is 0 Å². The van der Waals surface area contributed by atoms with Gasteiger partial charge in [-0.2, -0.15) is 0 Å². The third-order valence-electron chi connectivity index (χ3n) is 3.05. The van der Waals surface area contributed by atoms with Crippen LogP contribution in [0.5, 0.6) is 0 Å². The van der Waals surface area contributed by atoms with Crippen LogP contribution in [0.15, 0.2) is 24.5 Å². The molecule has 1 aromatic rings. The Kier molecular flexibility index (Phi) is 6.16. The minimum atomic E-state index is 0.390. The van der Waals surface area contributed by atoms with E-state index in [1.165, 1.54) is 5.56 Å². The fourth-order valence-electron chi connectivity index (χ4n) is 2.22. The van der Waals surface area contributed by atoms with Crippen molar-refractivity contribution < 1.29 is 4.74 Å². The Hall–Kier alpha value is -0.930. The average Bonchev–Trinajstić information content (AvgIpc) is 2.73. The van der Waals surface area contributed by atoms with Gasteiger partial charge in [0, 0.05) is 39.1 Å². The number of rotatable bonds is 3. The quantitative estimate of drug-likeness (QED) is 0.806. The Morgan fingerprint density at radius 2 is 2.18 bits per heavy atom. The average molecular weight is 236 g/mol. The molecular formula is C14H24N2O. The van der Waals surface area contributed by atoms with E-state index < -0.39 is 0 Å². The maximum absolute atomic E-state index is 5.43. The van der Waals surface area contributed by atoms with Crippen LogP contribution in [-0.2, 0) is 11.3 Å². The van der Waals surface area contributed by atoms with E-state index in [9.17, 15) is 0 Å². The van der Waals surface area contributed by atoms with Crippen molar-refractivity contribution in [3.8, 4) is 0 Å². The first-order valence-electron chi connectivity index (χ1n) is 6.43. The molecule has 1 fully saturated rings. The van der Waals surface area contributed by atoms with Crippen molar-refractivity contribution in [2.75, 3.05) is 20.2 Å². The second kappa shape index (κ2) is 7.41. The largest absolute Gasteiger partial charge is 0.380 e. The minimum absolute atomic E-state index is 0.390. The van der Waals surface area contributed by atoms with E-state index in [1.54, 1.807) is 7.11 Å². The molecule has 2 heterocycles. The summed E-state index contributed by atoms with van der Waals surface area (Å²) in [5.41, 5.74) is 1.28. The molecule has 17 heavy (non-hydrogen) atoms. The lowest BCUT2D eigenvalue weighted by atomic mass is 10.1. The van der Waals surface area contributed by atoms with E-state index in [2.05, 4.69) is 22.9 Å². The van der Waals surface area contributed by atoms with Crippen LogP contribution < -0.4 is 0 Å². The maximum atomic E-state index is 5.43. The van der Waals surface area contributed by atoms with Gasteiger partial charge in [0.25, 0.3) is 0 Å². The summed E-state index contributed by atoms with van der Waals surface area (Å²) >= 11 is 0. The Morgan fingerprint density at radius 3 is 2.71 bits per heavy atom. The van der Waals surface area contributed by atoms with Gasteiger partial charge >= 0.3 is 0 Å². The Labute approximate surface area is 105 Å². The van der Waals surface area contributed by atoms with Gasteiger partial charge in [0.1, 0.15) is 0 Å². The lowest BCUT2D eigenvalue weighted by molar-refractivity contribution is 0.0833. The molecule has 2 rings (SSSR count). The number of nitrogens with zero attached hydrogens (tertiary/aromatic N) is 2. The highest BCUT2D eigenvalue weighted by Crippen LogP contribution is 2.20. The molecule has 0 bridgehead atoms. The molecule has 0 aliphatic carbocycles. The van der Waals surface area contributed by atoms with Crippen molar-refractivity contribution in [3.05, 3.63) is 30.1 Å². The van der Waals surface area contributed by atoms with Crippen LogP contribution in [0.3, 0.4) is 0 Å². The van der Waals surface area contributed by atoms with E-state index in [-0.39, 0.29) is 0 Å². The van der Waals surface area contributed by atoms with Crippen LogP contribution in [0.4, 0.5) is 0 Å². The highest BCUT2D eigenvalue weighted by molar-refractivity contribution is 5.08. The van der Waals surface area contributed by atoms with Crippen LogP contribution in [0, 0.1) is 5.92 Å². The first kappa shape index (κ1) is 14.1. The van der Waals surface area contributed by atoms with Gasteiger partial charge < -0.3 is 4.74 Å². The molecule has 0 amide bonds. The number of likely N-dealkylation sites (tertiary alicyclic amines) is 1. The minimum Gasteiger partial charge on any atom is -0.380 e. The molecule has 0 saturated carbocycles. The molecule has 1 saturated heterocycles.